The van der Waals surface area contributed by atoms with Crippen molar-refractivity contribution in [3.63, 3.8) is 0 Å². The topological polar surface area (TPSA) is 162 Å². The van der Waals surface area contributed by atoms with Crippen LogP contribution in [0.2, 0.25) is 0 Å². The zero-order valence-electron chi connectivity index (χ0n) is 32.4. The van der Waals surface area contributed by atoms with Crippen molar-refractivity contribution in [2.24, 2.45) is 17.3 Å². The van der Waals surface area contributed by atoms with Gasteiger partial charge in [0.15, 0.2) is 0 Å². The Hall–Kier alpha value is -5.04. The predicted octanol–water partition coefficient (Wildman–Crippen LogP) is 6.05. The lowest BCUT2D eigenvalue weighted by Crippen LogP contribution is -2.65. The van der Waals surface area contributed by atoms with Crippen LogP contribution in [0.5, 0.6) is 0 Å². The number of hydrogen-bond donors (Lipinski definition) is 4. The van der Waals surface area contributed by atoms with Crippen LogP contribution < -0.4 is 26.8 Å². The molecule has 19 heteroatoms. The molecule has 1 aromatic heterocycles. The molecule has 0 radical (unpaired) electrons. The van der Waals surface area contributed by atoms with E-state index in [-0.39, 0.29) is 58.7 Å². The van der Waals surface area contributed by atoms with Crippen molar-refractivity contribution in [3.05, 3.63) is 87.6 Å². The molecule has 3 heterocycles. The second-order valence-electron chi connectivity index (χ2n) is 16.5. The van der Waals surface area contributed by atoms with Crippen LogP contribution >= 0.6 is 0 Å². The molecule has 3 saturated carbocycles. The van der Waals surface area contributed by atoms with E-state index in [2.05, 4.69) is 40.1 Å². The van der Waals surface area contributed by atoms with Crippen molar-refractivity contribution >= 4 is 36.4 Å². The summed E-state index contributed by atoms with van der Waals surface area (Å²) in [5, 5.41) is 10.8. The van der Waals surface area contributed by atoms with E-state index in [1.54, 1.807) is 12.1 Å². The van der Waals surface area contributed by atoms with Gasteiger partial charge in [-0.3, -0.25) is 14.2 Å². The van der Waals surface area contributed by atoms with Gasteiger partial charge in [0.1, 0.15) is 17.6 Å². The number of fused-ring (bicyclic) bond motifs is 1. The number of nitrogens with one attached hydrogen (secondary N) is 4. The van der Waals surface area contributed by atoms with Crippen molar-refractivity contribution < 1.29 is 50.4 Å². The van der Waals surface area contributed by atoms with Crippen LogP contribution in [0.1, 0.15) is 86.7 Å². The minimum atomic E-state index is -4.60. The standard InChI is InChI=1S/C39H44BF5N6O7/c1-36(2)22-14-27(36)38(4)28(15-22)57-40(58-38)29(16-30(41)42)49-31(52)26-17-37(3,50-35(55)48-24-12-7-6-11-23(24)33(54)56-5)34-47-19-25(32(53)51(26)34)46-18-20-9-8-10-21(13-20)39(43,44)45/h6-13,19,22,26-30,46H,14-18H2,1-5H3,(H,49,52)(H2,48,50,55)/t22-,26-,27-,28+,29?,37+,38-/m0/s1. The molecule has 3 amide bonds. The first-order chi connectivity index (χ1) is 27.2. The van der Waals surface area contributed by atoms with Gasteiger partial charge in [-0.05, 0) is 73.8 Å². The average molecular weight is 815 g/mol. The first kappa shape index (κ1) is 41.1. The van der Waals surface area contributed by atoms with Gasteiger partial charge in [-0.15, -0.1) is 0 Å². The Labute approximate surface area is 330 Å². The highest BCUT2D eigenvalue weighted by Gasteiger charge is 2.68. The number of esters is 1. The smallest absolute Gasteiger partial charge is 0.465 e. The summed E-state index contributed by atoms with van der Waals surface area (Å²) in [6.07, 6.45) is -6.21. The molecule has 2 aliphatic heterocycles. The van der Waals surface area contributed by atoms with E-state index < -0.39 is 78.3 Å². The summed E-state index contributed by atoms with van der Waals surface area (Å²) < 4.78 is 87.1. The molecule has 8 rings (SSSR count). The number of urea groups is 1. The zero-order valence-corrected chi connectivity index (χ0v) is 32.4. The summed E-state index contributed by atoms with van der Waals surface area (Å²) >= 11 is 0. The van der Waals surface area contributed by atoms with Crippen LogP contribution in [-0.2, 0) is 37.1 Å². The van der Waals surface area contributed by atoms with Crippen LogP contribution in [0, 0.1) is 17.3 Å². The Kier molecular flexibility index (Phi) is 10.6. The Balaban J connectivity index is 1.18. The molecule has 2 aromatic carbocycles. The van der Waals surface area contributed by atoms with E-state index >= 15 is 0 Å². The minimum Gasteiger partial charge on any atom is -0.465 e. The highest BCUT2D eigenvalue weighted by Crippen LogP contribution is 2.65. The van der Waals surface area contributed by atoms with Gasteiger partial charge in [0, 0.05) is 19.4 Å². The molecule has 3 aliphatic carbocycles. The minimum absolute atomic E-state index is 0.0370. The number of aromatic nitrogens is 2. The monoisotopic (exact) mass is 814 g/mol. The van der Waals surface area contributed by atoms with Gasteiger partial charge in [-0.25, -0.2) is 23.4 Å². The van der Waals surface area contributed by atoms with Crippen molar-refractivity contribution in [2.45, 2.75) is 102 Å². The van der Waals surface area contributed by atoms with Crippen molar-refractivity contribution in [1.82, 2.24) is 20.2 Å². The fraction of sp³-hybridized carbons (Fsp3) is 0.513. The van der Waals surface area contributed by atoms with Crippen LogP contribution in [0.3, 0.4) is 0 Å². The van der Waals surface area contributed by atoms with E-state index in [0.29, 0.717) is 12.3 Å². The summed E-state index contributed by atoms with van der Waals surface area (Å²) in [6, 6.07) is 8.30. The molecular weight excluding hydrogens is 770 g/mol. The zero-order chi connectivity index (χ0) is 41.9. The Bertz CT molecular complexity index is 2170. The molecular formula is C39H44BF5N6O7. The Morgan fingerprint density at radius 1 is 1.05 bits per heavy atom. The fourth-order valence-electron chi connectivity index (χ4n) is 9.29. The number of halogens is 5. The maximum atomic E-state index is 14.4. The van der Waals surface area contributed by atoms with Crippen LogP contribution in [0.4, 0.5) is 38.1 Å². The second kappa shape index (κ2) is 15.0. The number of carbonyl (C=O) groups is 3. The number of amides is 3. The molecule has 1 unspecified atom stereocenters. The quantitative estimate of drug-likeness (QED) is 0.103. The van der Waals surface area contributed by atoms with E-state index in [0.717, 1.165) is 29.3 Å². The van der Waals surface area contributed by atoms with E-state index in [1.807, 2.05) is 6.92 Å². The number of anilines is 2. The molecule has 58 heavy (non-hydrogen) atoms. The first-order valence-electron chi connectivity index (χ1n) is 19.0. The van der Waals surface area contributed by atoms with Gasteiger partial charge in [-0.1, -0.05) is 38.1 Å². The third-order valence-corrected chi connectivity index (χ3v) is 12.5. The van der Waals surface area contributed by atoms with E-state index in [4.69, 9.17) is 14.0 Å². The molecule has 3 aromatic rings. The van der Waals surface area contributed by atoms with Gasteiger partial charge >= 0.3 is 25.3 Å². The van der Waals surface area contributed by atoms with Gasteiger partial charge in [-0.2, -0.15) is 13.2 Å². The molecule has 7 atom stereocenters. The number of carbonyl (C=O) groups excluding carboxylic acids is 3. The molecule has 2 bridgehead atoms. The number of benzene rings is 2. The molecule has 4 fully saturated rings. The molecule has 4 N–H and O–H groups in total. The third-order valence-electron chi connectivity index (χ3n) is 12.5. The van der Waals surface area contributed by atoms with Crippen molar-refractivity contribution in [3.8, 4) is 0 Å². The number of ether oxygens (including phenoxy) is 1. The SMILES string of the molecule is COC(=O)c1ccccc1NC(=O)N[C@]1(C)C[C@@H](C(=O)NC(CC(F)F)B2O[C@@H]3C[C@@H]4C[C@@H](C4(C)C)[C@]3(C)O2)n2c1ncc(NCc1cccc(C(F)(F)F)c1)c2=O. The summed E-state index contributed by atoms with van der Waals surface area (Å²) in [4.78, 5) is 58.9. The Morgan fingerprint density at radius 3 is 2.48 bits per heavy atom. The lowest BCUT2D eigenvalue weighted by molar-refractivity contribution is -0.199. The molecule has 0 spiro atoms. The summed E-state index contributed by atoms with van der Waals surface area (Å²) in [5.74, 6) is -2.48. The highest BCUT2D eigenvalue weighted by molar-refractivity contribution is 6.48. The van der Waals surface area contributed by atoms with Crippen molar-refractivity contribution in [2.75, 3.05) is 17.7 Å². The Morgan fingerprint density at radius 2 is 1.79 bits per heavy atom. The predicted molar refractivity (Wildman–Crippen MR) is 201 cm³/mol. The highest BCUT2D eigenvalue weighted by atomic mass is 19.4. The summed E-state index contributed by atoms with van der Waals surface area (Å²) in [5.41, 5.74) is -3.86. The lowest BCUT2D eigenvalue weighted by Gasteiger charge is -2.64. The molecule has 13 nitrogen and oxygen atoms in total. The average Bonchev–Trinajstić information content (AvgIpc) is 3.68. The maximum absolute atomic E-state index is 14.4. The number of rotatable bonds is 11. The first-order valence-corrected chi connectivity index (χ1v) is 19.0. The normalized spacial score (nSPS) is 27.2. The van der Waals surface area contributed by atoms with Crippen LogP contribution in [0.15, 0.2) is 59.5 Å². The van der Waals surface area contributed by atoms with Gasteiger partial charge < -0.3 is 35.3 Å². The number of alkyl halides is 5. The van der Waals surface area contributed by atoms with Gasteiger partial charge in [0.25, 0.3) is 5.56 Å². The molecule has 310 valence electrons. The summed E-state index contributed by atoms with van der Waals surface area (Å²) in [7, 11) is -0.0373. The van der Waals surface area contributed by atoms with Crippen LogP contribution in [-0.4, -0.2) is 65.8 Å². The molecule has 1 saturated heterocycles. The number of hydrogen-bond acceptors (Lipinski definition) is 9. The third kappa shape index (κ3) is 7.42. The molecule has 5 aliphatic rings. The van der Waals surface area contributed by atoms with Gasteiger partial charge in [0.2, 0.25) is 12.3 Å². The van der Waals surface area contributed by atoms with Crippen LogP contribution in [0.25, 0.3) is 0 Å². The van der Waals surface area contributed by atoms with E-state index in [1.165, 1.54) is 38.3 Å². The maximum Gasteiger partial charge on any atom is 0.481 e. The van der Waals surface area contributed by atoms with E-state index in [9.17, 15) is 41.1 Å². The summed E-state index contributed by atoms with van der Waals surface area (Å²) in [6.45, 7) is 7.51. The van der Waals surface area contributed by atoms with Crippen molar-refractivity contribution in [1.29, 1.82) is 0 Å². The number of para-hydroxylation sites is 1. The second-order valence-corrected chi connectivity index (χ2v) is 16.5. The van der Waals surface area contributed by atoms with Gasteiger partial charge in [0.05, 0.1) is 53.3 Å². The lowest BCUT2D eigenvalue weighted by atomic mass is 9.43. The number of methoxy groups -OCH3 is 1. The number of nitrogens with zero attached hydrogens (tertiary/aromatic N) is 2. The fourth-order valence-corrected chi connectivity index (χ4v) is 9.29. The largest absolute Gasteiger partial charge is 0.481 e.